The van der Waals surface area contributed by atoms with E-state index in [1.165, 1.54) is 7.11 Å². The predicted octanol–water partition coefficient (Wildman–Crippen LogP) is 4.34. The Bertz CT molecular complexity index is 891. The first-order chi connectivity index (χ1) is 14.0. The summed E-state index contributed by atoms with van der Waals surface area (Å²) in [5.74, 6) is 0.650. The van der Waals surface area contributed by atoms with Crippen LogP contribution in [0.4, 0.5) is 5.69 Å². The van der Waals surface area contributed by atoms with Gasteiger partial charge in [0.15, 0.2) is 0 Å². The number of nitrogens with one attached hydrogen (secondary N) is 1. The zero-order chi connectivity index (χ0) is 21.0. The summed E-state index contributed by atoms with van der Waals surface area (Å²) in [5.41, 5.74) is 3.34. The van der Waals surface area contributed by atoms with Crippen LogP contribution in [-0.2, 0) is 14.3 Å². The number of hydrogen-bond acceptors (Lipinski definition) is 5. The van der Waals surface area contributed by atoms with E-state index in [9.17, 15) is 10.1 Å². The summed E-state index contributed by atoms with van der Waals surface area (Å²) in [7, 11) is 1.48. The second-order valence-corrected chi connectivity index (χ2v) is 7.33. The number of amides is 1. The van der Waals surface area contributed by atoms with Crippen molar-refractivity contribution in [1.29, 1.82) is 5.26 Å². The molecule has 0 saturated heterocycles. The van der Waals surface area contributed by atoms with E-state index in [4.69, 9.17) is 9.47 Å². The molecule has 6 heteroatoms. The summed E-state index contributed by atoms with van der Waals surface area (Å²) >= 11 is 0. The van der Waals surface area contributed by atoms with Gasteiger partial charge in [-0.3, -0.25) is 4.79 Å². The van der Waals surface area contributed by atoms with Crippen molar-refractivity contribution in [3.63, 3.8) is 0 Å². The fourth-order valence-corrected chi connectivity index (χ4v) is 3.86. The van der Waals surface area contributed by atoms with Crippen LogP contribution in [0.2, 0.25) is 0 Å². The second kappa shape index (κ2) is 10.1. The van der Waals surface area contributed by atoms with Gasteiger partial charge in [-0.1, -0.05) is 25.6 Å². The van der Waals surface area contributed by atoms with Crippen molar-refractivity contribution in [3.05, 3.63) is 59.4 Å². The molecular weight excluding hydrogens is 378 g/mol. The Morgan fingerprint density at radius 1 is 1.30 bits per heavy atom. The number of nitriles is 1. The molecule has 3 rings (SSSR count). The van der Waals surface area contributed by atoms with E-state index in [1.807, 2.05) is 44.2 Å². The zero-order valence-electron chi connectivity index (χ0n) is 17.3. The predicted molar refractivity (Wildman–Crippen MR) is 119 cm³/mol. The topological polar surface area (TPSA) is 74.6 Å². The number of carbonyl (C=O) groups is 1. The number of nitrogens with zero attached hydrogens (tertiary/aromatic N) is 2. The molecule has 30 heavy (non-hydrogen) atoms. The van der Waals surface area contributed by atoms with Gasteiger partial charge in [-0.05, 0) is 50.6 Å². The Hall–Kier alpha value is -3.04. The van der Waals surface area contributed by atoms with Crippen LogP contribution in [0.5, 0.6) is 0 Å². The standard InChI is InChI=1S/C23H27N3O3.CH4/c1-5-26-21-12-18(29-15(2)3)10-11-19(21)20(13-24)23(26)16-6-8-17(9-7-16)25-22(27)14-28-4;/h6-12,15,19,21H,5,14H2,1-4H3,(H,25,27);1H4. The highest BCUT2D eigenvalue weighted by Gasteiger charge is 2.40. The zero-order valence-corrected chi connectivity index (χ0v) is 17.3. The first kappa shape index (κ1) is 23.2. The number of methoxy groups -OCH3 is 1. The lowest BCUT2D eigenvalue weighted by Gasteiger charge is -2.31. The van der Waals surface area contributed by atoms with Gasteiger partial charge in [0.2, 0.25) is 5.91 Å². The largest absolute Gasteiger partial charge is 0.491 e. The fourth-order valence-electron chi connectivity index (χ4n) is 3.86. The van der Waals surface area contributed by atoms with Gasteiger partial charge in [0.25, 0.3) is 0 Å². The molecule has 2 aliphatic rings. The molecule has 1 aromatic carbocycles. The van der Waals surface area contributed by atoms with E-state index in [2.05, 4.69) is 35.4 Å². The highest BCUT2D eigenvalue weighted by atomic mass is 16.5. The maximum Gasteiger partial charge on any atom is 0.250 e. The first-order valence-corrected chi connectivity index (χ1v) is 9.85. The van der Waals surface area contributed by atoms with Crippen LogP contribution < -0.4 is 5.32 Å². The number of fused-ring (bicyclic) bond motifs is 1. The summed E-state index contributed by atoms with van der Waals surface area (Å²) in [6.45, 7) is 6.88. The van der Waals surface area contributed by atoms with Crippen LogP contribution in [0, 0.1) is 17.2 Å². The fraction of sp³-hybridized carbons (Fsp3) is 0.417. The monoisotopic (exact) mass is 409 g/mol. The van der Waals surface area contributed by atoms with Crippen molar-refractivity contribution >= 4 is 17.3 Å². The molecule has 0 bridgehead atoms. The lowest BCUT2D eigenvalue weighted by atomic mass is 9.90. The van der Waals surface area contributed by atoms with Gasteiger partial charge in [-0.2, -0.15) is 5.26 Å². The number of ether oxygens (including phenoxy) is 2. The molecule has 0 saturated carbocycles. The van der Waals surface area contributed by atoms with Crippen molar-refractivity contribution in [3.8, 4) is 6.07 Å². The summed E-state index contributed by atoms with van der Waals surface area (Å²) in [5, 5.41) is 12.7. The summed E-state index contributed by atoms with van der Waals surface area (Å²) in [6.07, 6.45) is 6.24. The van der Waals surface area contributed by atoms with E-state index < -0.39 is 0 Å². The molecule has 1 amide bonds. The maximum absolute atomic E-state index is 11.7. The van der Waals surface area contributed by atoms with Crippen molar-refractivity contribution in [2.75, 3.05) is 25.6 Å². The molecule has 0 fully saturated rings. The minimum absolute atomic E-state index is 0. The Kier molecular flexibility index (Phi) is 7.85. The average molecular weight is 410 g/mol. The van der Waals surface area contributed by atoms with E-state index in [1.54, 1.807) is 0 Å². The summed E-state index contributed by atoms with van der Waals surface area (Å²) in [6, 6.07) is 10.1. The van der Waals surface area contributed by atoms with Crippen LogP contribution in [-0.4, -0.2) is 43.2 Å². The van der Waals surface area contributed by atoms with E-state index >= 15 is 0 Å². The van der Waals surface area contributed by atoms with Gasteiger partial charge in [0.1, 0.15) is 12.4 Å². The lowest BCUT2D eigenvalue weighted by molar-refractivity contribution is -0.119. The molecule has 1 N–H and O–H groups in total. The average Bonchev–Trinajstić information content (AvgIpc) is 3.01. The third kappa shape index (κ3) is 4.74. The number of hydrogen-bond donors (Lipinski definition) is 1. The quantitative estimate of drug-likeness (QED) is 0.725. The molecule has 1 heterocycles. The first-order valence-electron chi connectivity index (χ1n) is 9.85. The Labute approximate surface area is 179 Å². The number of likely N-dealkylation sites (N-methyl/N-ethyl adjacent to an activating group) is 1. The minimum Gasteiger partial charge on any atom is -0.491 e. The van der Waals surface area contributed by atoms with Crippen LogP contribution in [0.1, 0.15) is 33.8 Å². The van der Waals surface area contributed by atoms with Crippen LogP contribution >= 0.6 is 0 Å². The number of anilines is 1. The van der Waals surface area contributed by atoms with Gasteiger partial charge < -0.3 is 19.7 Å². The van der Waals surface area contributed by atoms with E-state index in [0.717, 1.165) is 29.1 Å². The summed E-state index contributed by atoms with van der Waals surface area (Å²) in [4.78, 5) is 14.0. The van der Waals surface area contributed by atoms with Gasteiger partial charge in [-0.25, -0.2) is 0 Å². The van der Waals surface area contributed by atoms with Crippen LogP contribution in [0.15, 0.2) is 53.8 Å². The second-order valence-electron chi connectivity index (χ2n) is 7.33. The van der Waals surface area contributed by atoms with Gasteiger partial charge in [0, 0.05) is 25.3 Å². The molecule has 6 nitrogen and oxygen atoms in total. The van der Waals surface area contributed by atoms with Crippen molar-refractivity contribution < 1.29 is 14.3 Å². The third-order valence-electron chi connectivity index (χ3n) is 4.96. The van der Waals surface area contributed by atoms with E-state index in [0.29, 0.717) is 5.69 Å². The normalized spacial score (nSPS) is 19.7. The maximum atomic E-state index is 11.7. The molecule has 1 aliphatic heterocycles. The van der Waals surface area contributed by atoms with Crippen LogP contribution in [0.3, 0.4) is 0 Å². The number of rotatable bonds is 7. The molecule has 0 radical (unpaired) electrons. The molecule has 2 atom stereocenters. The van der Waals surface area contributed by atoms with Gasteiger partial charge in [-0.15, -0.1) is 0 Å². The van der Waals surface area contributed by atoms with Crippen LogP contribution in [0.25, 0.3) is 5.70 Å². The number of benzene rings is 1. The minimum atomic E-state index is -0.202. The molecule has 1 aliphatic carbocycles. The molecule has 0 aromatic heterocycles. The highest BCUT2D eigenvalue weighted by Crippen LogP contribution is 2.43. The third-order valence-corrected chi connectivity index (χ3v) is 4.96. The molecule has 1 aromatic rings. The molecule has 0 spiro atoms. The van der Waals surface area contributed by atoms with E-state index in [-0.39, 0.29) is 38.0 Å². The Morgan fingerprint density at radius 3 is 2.57 bits per heavy atom. The van der Waals surface area contributed by atoms with Crippen molar-refractivity contribution in [2.24, 2.45) is 5.92 Å². The number of carbonyl (C=O) groups excluding carboxylic acids is 1. The molecule has 160 valence electrons. The molecular formula is C24H31N3O3. The van der Waals surface area contributed by atoms with Gasteiger partial charge in [0.05, 0.1) is 29.5 Å². The van der Waals surface area contributed by atoms with Crippen molar-refractivity contribution in [1.82, 2.24) is 4.90 Å². The van der Waals surface area contributed by atoms with Gasteiger partial charge >= 0.3 is 0 Å². The highest BCUT2D eigenvalue weighted by molar-refractivity contribution is 5.92. The number of allylic oxidation sites excluding steroid dienone is 1. The summed E-state index contributed by atoms with van der Waals surface area (Å²) < 4.78 is 10.7. The smallest absolute Gasteiger partial charge is 0.250 e. The molecule has 2 unspecified atom stereocenters. The SMILES string of the molecule is C.CCN1C(c2ccc(NC(=O)COC)cc2)=C(C#N)C2C=CC(OC(C)C)=CC21. The lowest BCUT2D eigenvalue weighted by Crippen LogP contribution is -2.33. The van der Waals surface area contributed by atoms with Crippen molar-refractivity contribution in [2.45, 2.75) is 40.3 Å². The Balaban J connectivity index is 0.00000320. The Morgan fingerprint density at radius 2 is 2.00 bits per heavy atom.